The summed E-state index contributed by atoms with van der Waals surface area (Å²) in [7, 11) is 0. The number of hydrogen-bond acceptors (Lipinski definition) is 3. The van der Waals surface area contributed by atoms with Crippen LogP contribution in [-0.4, -0.2) is 53.3 Å². The van der Waals surface area contributed by atoms with E-state index in [1.54, 1.807) is 4.90 Å². The molecule has 2 unspecified atom stereocenters. The molecule has 0 aromatic carbocycles. The predicted molar refractivity (Wildman–Crippen MR) is 73.4 cm³/mol. The highest BCUT2D eigenvalue weighted by Crippen LogP contribution is 2.20. The van der Waals surface area contributed by atoms with Gasteiger partial charge in [0, 0.05) is 31.6 Å². The lowest BCUT2D eigenvalue weighted by Gasteiger charge is -2.39. The van der Waals surface area contributed by atoms with Gasteiger partial charge >= 0.3 is 0 Å². The van der Waals surface area contributed by atoms with E-state index in [0.717, 1.165) is 45.2 Å². The van der Waals surface area contributed by atoms with Gasteiger partial charge in [0.15, 0.2) is 0 Å². The van der Waals surface area contributed by atoms with Gasteiger partial charge in [0.25, 0.3) is 0 Å². The third-order valence-electron chi connectivity index (χ3n) is 4.22. The molecule has 2 heterocycles. The molecule has 0 saturated carbocycles. The fourth-order valence-electron chi connectivity index (χ4n) is 3.10. The molecule has 0 radical (unpaired) electrons. The fraction of sp³-hybridized carbons (Fsp3) is 0.857. The topological polar surface area (TPSA) is 66.6 Å². The quantitative estimate of drug-likeness (QED) is 0.819. The molecule has 2 fully saturated rings. The highest BCUT2D eigenvalue weighted by Gasteiger charge is 2.31. The van der Waals surface area contributed by atoms with Crippen LogP contribution >= 0.6 is 0 Å². The van der Waals surface area contributed by atoms with E-state index in [2.05, 4.69) is 0 Å². The van der Waals surface area contributed by atoms with E-state index in [-0.39, 0.29) is 30.4 Å². The molecule has 2 aliphatic rings. The maximum Gasteiger partial charge on any atom is 0.242 e. The molecule has 2 amide bonds. The monoisotopic (exact) mass is 267 g/mol. The minimum Gasteiger partial charge on any atom is -0.337 e. The van der Waals surface area contributed by atoms with E-state index in [0.29, 0.717) is 6.42 Å². The van der Waals surface area contributed by atoms with Gasteiger partial charge in [-0.3, -0.25) is 9.59 Å². The van der Waals surface area contributed by atoms with Crippen molar-refractivity contribution in [3.63, 3.8) is 0 Å². The highest BCUT2D eigenvalue weighted by atomic mass is 16.2. The van der Waals surface area contributed by atoms with Crippen LogP contribution < -0.4 is 5.73 Å². The third kappa shape index (κ3) is 3.47. The summed E-state index contributed by atoms with van der Waals surface area (Å²) >= 11 is 0. The van der Waals surface area contributed by atoms with Gasteiger partial charge in [-0.25, -0.2) is 0 Å². The summed E-state index contributed by atoms with van der Waals surface area (Å²) < 4.78 is 0. The van der Waals surface area contributed by atoms with Gasteiger partial charge in [-0.2, -0.15) is 0 Å². The lowest BCUT2D eigenvalue weighted by atomic mass is 9.97. The van der Waals surface area contributed by atoms with E-state index in [1.807, 2.05) is 11.8 Å². The lowest BCUT2D eigenvalue weighted by molar-refractivity contribution is -0.144. The summed E-state index contributed by atoms with van der Waals surface area (Å²) in [6.45, 7) is 3.71. The molecule has 5 nitrogen and oxygen atoms in total. The molecule has 0 aromatic heterocycles. The Morgan fingerprint density at radius 1 is 1.32 bits per heavy atom. The Labute approximate surface area is 115 Å². The minimum atomic E-state index is 0.00121. The maximum absolute atomic E-state index is 12.4. The SMILES string of the molecule is CC(N)C1CCCCN1C(=O)CN1CCCCC1=O. The van der Waals surface area contributed by atoms with Crippen LogP contribution in [0.2, 0.25) is 0 Å². The van der Waals surface area contributed by atoms with Crippen molar-refractivity contribution in [2.24, 2.45) is 5.73 Å². The second kappa shape index (κ2) is 6.37. The summed E-state index contributed by atoms with van der Waals surface area (Å²) in [5.74, 6) is 0.186. The molecule has 2 atom stereocenters. The Hall–Kier alpha value is -1.10. The molecule has 2 aliphatic heterocycles. The van der Waals surface area contributed by atoms with Gasteiger partial charge in [-0.1, -0.05) is 0 Å². The largest absolute Gasteiger partial charge is 0.337 e. The number of carbonyl (C=O) groups excluding carboxylic acids is 2. The van der Waals surface area contributed by atoms with Gasteiger partial charge < -0.3 is 15.5 Å². The molecule has 0 bridgehead atoms. The number of nitrogens with zero attached hydrogens (tertiary/aromatic N) is 2. The Balaban J connectivity index is 1.95. The number of nitrogens with two attached hydrogens (primary N) is 1. The Kier molecular flexibility index (Phi) is 4.80. The Morgan fingerprint density at radius 3 is 2.74 bits per heavy atom. The molecule has 0 aromatic rings. The van der Waals surface area contributed by atoms with Crippen molar-refractivity contribution in [1.29, 1.82) is 0 Å². The summed E-state index contributed by atoms with van der Waals surface area (Å²) in [5.41, 5.74) is 5.98. The van der Waals surface area contributed by atoms with Crippen LogP contribution in [0.3, 0.4) is 0 Å². The molecule has 2 rings (SSSR count). The van der Waals surface area contributed by atoms with Gasteiger partial charge in [0.1, 0.15) is 0 Å². The van der Waals surface area contributed by atoms with Crippen LogP contribution in [0.5, 0.6) is 0 Å². The zero-order chi connectivity index (χ0) is 13.8. The molecule has 108 valence electrons. The van der Waals surface area contributed by atoms with Crippen molar-refractivity contribution in [1.82, 2.24) is 9.80 Å². The highest BCUT2D eigenvalue weighted by molar-refractivity contribution is 5.85. The number of hydrogen-bond donors (Lipinski definition) is 1. The normalized spacial score (nSPS) is 26.4. The van der Waals surface area contributed by atoms with Crippen molar-refractivity contribution in [3.8, 4) is 0 Å². The van der Waals surface area contributed by atoms with E-state index >= 15 is 0 Å². The van der Waals surface area contributed by atoms with Crippen LogP contribution in [0.4, 0.5) is 0 Å². The second-order valence-electron chi connectivity index (χ2n) is 5.78. The third-order valence-corrected chi connectivity index (χ3v) is 4.22. The zero-order valence-corrected chi connectivity index (χ0v) is 11.8. The first-order valence-electron chi connectivity index (χ1n) is 7.42. The second-order valence-corrected chi connectivity index (χ2v) is 5.78. The first-order chi connectivity index (χ1) is 9.09. The summed E-state index contributed by atoms with van der Waals surface area (Å²) in [5, 5.41) is 0. The lowest BCUT2D eigenvalue weighted by Crippen LogP contribution is -2.54. The Morgan fingerprint density at radius 2 is 2.05 bits per heavy atom. The smallest absolute Gasteiger partial charge is 0.242 e. The minimum absolute atomic E-state index is 0.00121. The Bertz CT molecular complexity index is 344. The van der Waals surface area contributed by atoms with Crippen LogP contribution in [0.1, 0.15) is 45.4 Å². The number of amides is 2. The molecule has 5 heteroatoms. The molecule has 0 aliphatic carbocycles. The molecule has 19 heavy (non-hydrogen) atoms. The van der Waals surface area contributed by atoms with Crippen molar-refractivity contribution in [3.05, 3.63) is 0 Å². The van der Waals surface area contributed by atoms with Crippen LogP contribution in [0.25, 0.3) is 0 Å². The maximum atomic E-state index is 12.4. The van der Waals surface area contributed by atoms with Crippen molar-refractivity contribution < 1.29 is 9.59 Å². The summed E-state index contributed by atoms with van der Waals surface area (Å²) in [6, 6.07) is 0.141. The standard InChI is InChI=1S/C14H25N3O2/c1-11(15)12-6-2-5-9-17(12)14(19)10-16-8-4-3-7-13(16)18/h11-12H,2-10,15H2,1H3. The van der Waals surface area contributed by atoms with E-state index in [1.165, 1.54) is 0 Å². The number of piperidine rings is 2. The van der Waals surface area contributed by atoms with E-state index < -0.39 is 0 Å². The van der Waals surface area contributed by atoms with E-state index in [4.69, 9.17) is 5.73 Å². The first kappa shape index (κ1) is 14.3. The van der Waals surface area contributed by atoms with Crippen molar-refractivity contribution in [2.45, 2.75) is 57.5 Å². The molecule has 2 N–H and O–H groups in total. The summed E-state index contributed by atoms with van der Waals surface area (Å²) in [6.07, 6.45) is 5.72. The zero-order valence-electron chi connectivity index (χ0n) is 11.8. The van der Waals surface area contributed by atoms with E-state index in [9.17, 15) is 9.59 Å². The van der Waals surface area contributed by atoms with Gasteiger partial charge in [0.2, 0.25) is 11.8 Å². The average molecular weight is 267 g/mol. The molecule has 2 saturated heterocycles. The number of rotatable bonds is 3. The first-order valence-corrected chi connectivity index (χ1v) is 7.42. The average Bonchev–Trinajstić information content (AvgIpc) is 2.41. The number of likely N-dealkylation sites (tertiary alicyclic amines) is 2. The summed E-state index contributed by atoms with van der Waals surface area (Å²) in [4.78, 5) is 27.8. The van der Waals surface area contributed by atoms with Crippen LogP contribution in [0, 0.1) is 0 Å². The van der Waals surface area contributed by atoms with Gasteiger partial charge in [0.05, 0.1) is 6.54 Å². The number of carbonyl (C=O) groups is 2. The van der Waals surface area contributed by atoms with Gasteiger partial charge in [-0.15, -0.1) is 0 Å². The van der Waals surface area contributed by atoms with Crippen molar-refractivity contribution >= 4 is 11.8 Å². The molecular formula is C14H25N3O2. The van der Waals surface area contributed by atoms with Crippen LogP contribution in [-0.2, 0) is 9.59 Å². The van der Waals surface area contributed by atoms with Crippen molar-refractivity contribution in [2.75, 3.05) is 19.6 Å². The van der Waals surface area contributed by atoms with Gasteiger partial charge in [-0.05, 0) is 39.0 Å². The predicted octanol–water partition coefficient (Wildman–Crippen LogP) is 0.727. The fourth-order valence-corrected chi connectivity index (χ4v) is 3.10. The molecule has 0 spiro atoms. The molecular weight excluding hydrogens is 242 g/mol. The van der Waals surface area contributed by atoms with Crippen LogP contribution in [0.15, 0.2) is 0 Å².